The van der Waals surface area contributed by atoms with Gasteiger partial charge in [0.2, 0.25) is 0 Å². The maximum atomic E-state index is 5.23. The van der Waals surface area contributed by atoms with Crippen molar-refractivity contribution >= 4 is 23.5 Å². The first-order valence-corrected chi connectivity index (χ1v) is 6.63. The number of thiocarbonyl (C=S) groups is 1. The topological polar surface area (TPSA) is 52.2 Å². The van der Waals surface area contributed by atoms with Crippen molar-refractivity contribution in [3.63, 3.8) is 0 Å². The quantitative estimate of drug-likeness (QED) is 0.336. The number of nitrogens with zero attached hydrogens (tertiary/aromatic N) is 1. The van der Waals surface area contributed by atoms with Crippen molar-refractivity contribution in [3.05, 3.63) is 36.2 Å². The number of aromatic nitrogens is 1. The molecule has 1 aromatic rings. The van der Waals surface area contributed by atoms with Gasteiger partial charge in [-0.3, -0.25) is 5.43 Å². The summed E-state index contributed by atoms with van der Waals surface area (Å²) in [5, 5.41) is 8.03. The van der Waals surface area contributed by atoms with E-state index in [-0.39, 0.29) is 0 Å². The largest absolute Gasteiger partial charge is 0.360 e. The molecular weight excluding hydrogens is 244 g/mol. The van der Waals surface area contributed by atoms with E-state index >= 15 is 0 Å². The van der Waals surface area contributed by atoms with Gasteiger partial charge in [-0.15, -0.1) is 0 Å². The number of hydrogen-bond acceptors (Lipinski definition) is 2. The summed E-state index contributed by atoms with van der Waals surface area (Å²) in [6, 6.07) is 4.35. The van der Waals surface area contributed by atoms with Crippen LogP contribution in [0.1, 0.15) is 18.5 Å². The van der Waals surface area contributed by atoms with Crippen molar-refractivity contribution in [1.29, 1.82) is 0 Å². The number of aromatic amines is 1. The molecule has 94 valence electrons. The Morgan fingerprint density at radius 3 is 3.06 bits per heavy atom. The molecule has 3 N–H and O–H groups in total. The fourth-order valence-corrected chi connectivity index (χ4v) is 2.94. The zero-order valence-electron chi connectivity index (χ0n) is 9.97. The summed E-state index contributed by atoms with van der Waals surface area (Å²) in [6.45, 7) is 0. The molecule has 3 atom stereocenters. The molecule has 0 amide bonds. The van der Waals surface area contributed by atoms with Crippen LogP contribution in [0.2, 0.25) is 0 Å². The van der Waals surface area contributed by atoms with Crippen LogP contribution in [0, 0.1) is 11.8 Å². The predicted octanol–water partition coefficient (Wildman–Crippen LogP) is 1.78. The summed E-state index contributed by atoms with van der Waals surface area (Å²) in [4.78, 5) is 3.04. The van der Waals surface area contributed by atoms with E-state index in [2.05, 4.69) is 33.0 Å². The molecule has 18 heavy (non-hydrogen) atoms. The van der Waals surface area contributed by atoms with Crippen LogP contribution in [0.5, 0.6) is 0 Å². The smallest absolute Gasteiger partial charge is 0.187 e. The third kappa shape index (κ3) is 2.46. The Bertz CT molecular complexity index is 477. The van der Waals surface area contributed by atoms with Gasteiger partial charge in [0.05, 0.1) is 11.9 Å². The standard InChI is InChI=1S/C13H16N4S/c18-13(17-15-8-11-2-1-5-14-11)16-12-7-9-3-4-10(12)6-9/h1-5,8-10,12,14H,6-7H2,(H2,16,17,18)/b15-8+. The molecule has 2 aliphatic rings. The Morgan fingerprint density at radius 2 is 2.39 bits per heavy atom. The molecule has 0 saturated heterocycles. The van der Waals surface area contributed by atoms with Crippen molar-refractivity contribution in [3.8, 4) is 0 Å². The molecule has 0 aromatic carbocycles. The highest BCUT2D eigenvalue weighted by Gasteiger charge is 2.35. The van der Waals surface area contributed by atoms with Gasteiger partial charge in [-0.1, -0.05) is 12.2 Å². The van der Waals surface area contributed by atoms with Gasteiger partial charge in [0.15, 0.2) is 5.11 Å². The number of hydrazone groups is 1. The molecule has 4 nitrogen and oxygen atoms in total. The van der Waals surface area contributed by atoms with E-state index in [1.165, 1.54) is 12.8 Å². The van der Waals surface area contributed by atoms with E-state index in [1.807, 2.05) is 18.3 Å². The van der Waals surface area contributed by atoms with Crippen LogP contribution < -0.4 is 10.7 Å². The Kier molecular flexibility index (Phi) is 3.15. The number of H-pyrrole nitrogens is 1. The second-order valence-electron chi connectivity index (χ2n) is 4.86. The van der Waals surface area contributed by atoms with Crippen molar-refractivity contribution in [2.24, 2.45) is 16.9 Å². The third-order valence-electron chi connectivity index (χ3n) is 3.59. The van der Waals surface area contributed by atoms with Crippen LogP contribution in [-0.2, 0) is 0 Å². The van der Waals surface area contributed by atoms with Crippen molar-refractivity contribution in [1.82, 2.24) is 15.7 Å². The summed E-state index contributed by atoms with van der Waals surface area (Å²) >= 11 is 5.23. The van der Waals surface area contributed by atoms with Crippen LogP contribution in [0.25, 0.3) is 0 Å². The first-order chi connectivity index (χ1) is 8.81. The van der Waals surface area contributed by atoms with E-state index in [0.717, 1.165) is 11.6 Å². The highest BCUT2D eigenvalue weighted by molar-refractivity contribution is 7.80. The first kappa shape index (κ1) is 11.5. The average Bonchev–Trinajstić information content (AvgIpc) is 3.04. The van der Waals surface area contributed by atoms with Crippen molar-refractivity contribution in [2.45, 2.75) is 18.9 Å². The molecule has 1 aromatic heterocycles. The maximum absolute atomic E-state index is 5.23. The molecule has 0 spiro atoms. The molecule has 1 heterocycles. The van der Waals surface area contributed by atoms with E-state index in [0.29, 0.717) is 17.1 Å². The van der Waals surface area contributed by atoms with E-state index in [9.17, 15) is 0 Å². The lowest BCUT2D eigenvalue weighted by Crippen LogP contribution is -2.42. The summed E-state index contributed by atoms with van der Waals surface area (Å²) < 4.78 is 0. The minimum atomic E-state index is 0.473. The third-order valence-corrected chi connectivity index (χ3v) is 3.80. The van der Waals surface area contributed by atoms with E-state index < -0.39 is 0 Å². The summed E-state index contributed by atoms with van der Waals surface area (Å²) in [5.74, 6) is 1.39. The predicted molar refractivity (Wildman–Crippen MR) is 76.4 cm³/mol. The van der Waals surface area contributed by atoms with Gasteiger partial charge in [0, 0.05) is 12.2 Å². The highest BCUT2D eigenvalue weighted by atomic mass is 32.1. The first-order valence-electron chi connectivity index (χ1n) is 6.22. The lowest BCUT2D eigenvalue weighted by atomic mass is 10.0. The Balaban J connectivity index is 1.46. The van der Waals surface area contributed by atoms with Crippen LogP contribution in [0.15, 0.2) is 35.6 Å². The van der Waals surface area contributed by atoms with Gasteiger partial charge in [0.25, 0.3) is 0 Å². The number of rotatable bonds is 3. The lowest BCUT2D eigenvalue weighted by molar-refractivity contribution is 0.521. The number of hydrogen-bond donors (Lipinski definition) is 3. The molecule has 0 aliphatic heterocycles. The Labute approximate surface area is 112 Å². The molecule has 3 unspecified atom stereocenters. The van der Waals surface area contributed by atoms with Crippen LogP contribution in [-0.4, -0.2) is 22.4 Å². The molecule has 2 aliphatic carbocycles. The number of nitrogens with one attached hydrogen (secondary N) is 3. The van der Waals surface area contributed by atoms with Gasteiger partial charge in [0.1, 0.15) is 0 Å². The van der Waals surface area contributed by atoms with Gasteiger partial charge >= 0.3 is 0 Å². The van der Waals surface area contributed by atoms with Gasteiger partial charge in [-0.25, -0.2) is 0 Å². The fraction of sp³-hybridized carbons (Fsp3) is 0.385. The van der Waals surface area contributed by atoms with Gasteiger partial charge < -0.3 is 10.3 Å². The molecule has 0 radical (unpaired) electrons. The van der Waals surface area contributed by atoms with Gasteiger partial charge in [-0.2, -0.15) is 5.10 Å². The normalized spacial score (nSPS) is 29.0. The average molecular weight is 260 g/mol. The van der Waals surface area contributed by atoms with Crippen molar-refractivity contribution < 1.29 is 0 Å². The lowest BCUT2D eigenvalue weighted by Gasteiger charge is -2.20. The zero-order chi connectivity index (χ0) is 12.4. The maximum Gasteiger partial charge on any atom is 0.187 e. The van der Waals surface area contributed by atoms with Crippen LogP contribution >= 0.6 is 12.2 Å². The van der Waals surface area contributed by atoms with Crippen LogP contribution in [0.3, 0.4) is 0 Å². The monoisotopic (exact) mass is 260 g/mol. The van der Waals surface area contributed by atoms with E-state index in [4.69, 9.17) is 12.2 Å². The fourth-order valence-electron chi connectivity index (χ4n) is 2.73. The second-order valence-corrected chi connectivity index (χ2v) is 5.26. The summed E-state index contributed by atoms with van der Waals surface area (Å²) in [7, 11) is 0. The minimum absolute atomic E-state index is 0.473. The molecule has 5 heteroatoms. The summed E-state index contributed by atoms with van der Waals surface area (Å²) in [6.07, 6.45) is 10.7. The summed E-state index contributed by atoms with van der Waals surface area (Å²) in [5.41, 5.74) is 3.80. The van der Waals surface area contributed by atoms with Crippen molar-refractivity contribution in [2.75, 3.05) is 0 Å². The van der Waals surface area contributed by atoms with Crippen LogP contribution in [0.4, 0.5) is 0 Å². The minimum Gasteiger partial charge on any atom is -0.360 e. The number of allylic oxidation sites excluding steroid dienone is 1. The zero-order valence-corrected chi connectivity index (χ0v) is 10.8. The number of fused-ring (bicyclic) bond motifs is 2. The Morgan fingerprint density at radius 1 is 1.44 bits per heavy atom. The molecule has 1 saturated carbocycles. The van der Waals surface area contributed by atoms with Gasteiger partial charge in [-0.05, 0) is 49.0 Å². The van der Waals surface area contributed by atoms with E-state index in [1.54, 1.807) is 6.21 Å². The Hall–Kier alpha value is -1.62. The SMILES string of the molecule is S=C(N/N=C/c1ccc[nH]1)NC1CC2C=CC1C2. The molecule has 2 bridgehead atoms. The highest BCUT2D eigenvalue weighted by Crippen LogP contribution is 2.38. The molecular formula is C13H16N4S. The second kappa shape index (κ2) is 4.94. The molecule has 1 fully saturated rings. The molecule has 3 rings (SSSR count).